The van der Waals surface area contributed by atoms with E-state index in [4.69, 9.17) is 19.9 Å². The van der Waals surface area contributed by atoms with Crippen LogP contribution in [0.4, 0.5) is 0 Å². The van der Waals surface area contributed by atoms with Gasteiger partial charge in [-0.1, -0.05) is 0 Å². The van der Waals surface area contributed by atoms with E-state index in [9.17, 15) is 14.7 Å². The fraction of sp³-hybridized carbons (Fsp3) is 0.400. The predicted octanol–water partition coefficient (Wildman–Crippen LogP) is 1.98. The van der Waals surface area contributed by atoms with Crippen molar-refractivity contribution in [2.75, 3.05) is 33.4 Å². The first kappa shape index (κ1) is 23.7. The third-order valence-electron chi connectivity index (χ3n) is 6.68. The monoisotopic (exact) mass is 493 g/mol. The zero-order chi connectivity index (χ0) is 25.2. The molecule has 2 aliphatic heterocycles. The van der Waals surface area contributed by atoms with E-state index >= 15 is 0 Å². The molecule has 2 unspecified atom stereocenters. The van der Waals surface area contributed by atoms with Crippen molar-refractivity contribution in [2.24, 2.45) is 11.7 Å². The lowest BCUT2D eigenvalue weighted by molar-refractivity contribution is -0.144. The summed E-state index contributed by atoms with van der Waals surface area (Å²) in [5.41, 5.74) is 8.27. The predicted molar refractivity (Wildman–Crippen MR) is 128 cm³/mol. The van der Waals surface area contributed by atoms with Crippen LogP contribution in [0.3, 0.4) is 0 Å². The van der Waals surface area contributed by atoms with Gasteiger partial charge in [0.15, 0.2) is 11.5 Å². The Morgan fingerprint density at radius 2 is 2.00 bits per heavy atom. The number of amides is 1. The largest absolute Gasteiger partial charge is 0.486 e. The second-order valence-electron chi connectivity index (χ2n) is 8.86. The Bertz CT molecular complexity index is 1320. The summed E-state index contributed by atoms with van der Waals surface area (Å²) in [5.74, 6) is -0.319. The normalized spacial score (nSPS) is 19.7. The Balaban J connectivity index is 1.50. The van der Waals surface area contributed by atoms with E-state index in [1.54, 1.807) is 24.4 Å². The van der Waals surface area contributed by atoms with E-state index in [2.05, 4.69) is 19.9 Å². The molecule has 1 fully saturated rings. The molecule has 0 radical (unpaired) electrons. The Kier molecular flexibility index (Phi) is 6.55. The van der Waals surface area contributed by atoms with Gasteiger partial charge in [0.1, 0.15) is 18.9 Å². The van der Waals surface area contributed by atoms with Crippen molar-refractivity contribution in [3.05, 3.63) is 47.4 Å². The number of carboxylic acids is 1. The van der Waals surface area contributed by atoms with Crippen molar-refractivity contribution in [1.82, 2.24) is 19.9 Å². The number of pyridine rings is 3. The second kappa shape index (κ2) is 9.94. The van der Waals surface area contributed by atoms with E-state index in [1.165, 1.54) is 7.11 Å². The van der Waals surface area contributed by atoms with Crippen molar-refractivity contribution in [2.45, 2.75) is 25.3 Å². The van der Waals surface area contributed by atoms with Crippen molar-refractivity contribution in [3.63, 3.8) is 0 Å². The van der Waals surface area contributed by atoms with E-state index in [1.807, 2.05) is 6.07 Å². The van der Waals surface area contributed by atoms with Crippen LogP contribution in [0.5, 0.6) is 17.4 Å². The number of piperidine rings is 1. The van der Waals surface area contributed by atoms with Crippen LogP contribution >= 0.6 is 0 Å². The number of carboxylic acid groups (broad SMARTS) is 1. The quantitative estimate of drug-likeness (QED) is 0.500. The van der Waals surface area contributed by atoms with Gasteiger partial charge in [-0.25, -0.2) is 9.97 Å². The number of hydrogen-bond acceptors (Lipinski definition) is 9. The van der Waals surface area contributed by atoms with Gasteiger partial charge in [0.2, 0.25) is 5.88 Å². The molecule has 5 heterocycles. The molecule has 11 nitrogen and oxygen atoms in total. The van der Waals surface area contributed by atoms with Gasteiger partial charge in [-0.2, -0.15) is 0 Å². The molecule has 0 spiro atoms. The molecular weight excluding hydrogens is 466 g/mol. The first-order valence-electron chi connectivity index (χ1n) is 11.8. The van der Waals surface area contributed by atoms with Crippen molar-refractivity contribution < 1.29 is 28.9 Å². The minimum absolute atomic E-state index is 0.107. The van der Waals surface area contributed by atoms with Gasteiger partial charge in [-0.3, -0.25) is 19.5 Å². The molecular formula is C25H27N5O6. The number of aromatic nitrogens is 3. The number of rotatable bonds is 7. The van der Waals surface area contributed by atoms with Gasteiger partial charge < -0.3 is 25.1 Å². The number of methoxy groups -OCH3 is 1. The number of fused-ring (bicyclic) bond motifs is 2. The molecule has 2 aliphatic rings. The molecule has 1 amide bonds. The lowest BCUT2D eigenvalue weighted by Gasteiger charge is -2.39. The highest BCUT2D eigenvalue weighted by Crippen LogP contribution is 2.38. The number of nitrogens with zero attached hydrogens (tertiary/aromatic N) is 4. The van der Waals surface area contributed by atoms with E-state index < -0.39 is 17.8 Å². The lowest BCUT2D eigenvalue weighted by atomic mass is 9.86. The fourth-order valence-electron chi connectivity index (χ4n) is 4.82. The fourth-order valence-corrected chi connectivity index (χ4v) is 4.82. The maximum absolute atomic E-state index is 12.1. The molecule has 1 saturated heterocycles. The Labute approximate surface area is 207 Å². The zero-order valence-corrected chi connectivity index (χ0v) is 19.8. The SMILES string of the molecule is COc1ccc2nc(C(N)=O)cc(C3CC(C(=O)O)CCN3CCc3cc4c(cn3)OCCO4)c2n1. The van der Waals surface area contributed by atoms with Crippen LogP contribution in [0, 0.1) is 5.92 Å². The number of hydrogen-bond donors (Lipinski definition) is 2. The number of nitrogens with two attached hydrogens (primary N) is 1. The van der Waals surface area contributed by atoms with Gasteiger partial charge >= 0.3 is 5.97 Å². The number of aliphatic carboxylic acids is 1. The number of carbonyl (C=O) groups is 2. The summed E-state index contributed by atoms with van der Waals surface area (Å²) >= 11 is 0. The minimum atomic E-state index is -0.841. The smallest absolute Gasteiger partial charge is 0.306 e. The van der Waals surface area contributed by atoms with Gasteiger partial charge in [-0.15, -0.1) is 0 Å². The minimum Gasteiger partial charge on any atom is -0.486 e. The summed E-state index contributed by atoms with van der Waals surface area (Å²) in [4.78, 5) is 39.6. The van der Waals surface area contributed by atoms with Gasteiger partial charge in [0.25, 0.3) is 5.91 Å². The number of likely N-dealkylation sites (tertiary alicyclic amines) is 1. The van der Waals surface area contributed by atoms with Crippen LogP contribution in [0.25, 0.3) is 11.0 Å². The highest BCUT2D eigenvalue weighted by Gasteiger charge is 2.35. The molecule has 11 heteroatoms. The topological polar surface area (TPSA) is 150 Å². The van der Waals surface area contributed by atoms with Crippen LogP contribution in [-0.4, -0.2) is 70.2 Å². The van der Waals surface area contributed by atoms with Crippen LogP contribution in [0.1, 0.15) is 40.6 Å². The summed E-state index contributed by atoms with van der Waals surface area (Å²) in [6.07, 6.45) is 3.17. The third-order valence-corrected chi connectivity index (χ3v) is 6.68. The summed E-state index contributed by atoms with van der Waals surface area (Å²) in [5, 5.41) is 9.77. The molecule has 0 bridgehead atoms. The number of primary amides is 1. The van der Waals surface area contributed by atoms with Gasteiger partial charge in [0.05, 0.1) is 30.3 Å². The molecule has 2 atom stereocenters. The van der Waals surface area contributed by atoms with Crippen molar-refractivity contribution in [1.29, 1.82) is 0 Å². The Morgan fingerprint density at radius 3 is 2.75 bits per heavy atom. The van der Waals surface area contributed by atoms with Gasteiger partial charge in [0, 0.05) is 36.8 Å². The Morgan fingerprint density at radius 1 is 1.19 bits per heavy atom. The summed E-state index contributed by atoms with van der Waals surface area (Å²) < 4.78 is 16.5. The number of ether oxygens (including phenoxy) is 3. The molecule has 36 heavy (non-hydrogen) atoms. The third kappa shape index (κ3) is 4.74. The highest BCUT2D eigenvalue weighted by atomic mass is 16.6. The molecule has 5 rings (SSSR count). The standard InChI is InChI=1S/C25H27N5O6/c1-34-22-3-2-17-23(29-22)16(12-18(28-17)24(26)31)19-10-14(25(32)33)4-6-30(19)7-5-15-11-20-21(13-27-15)36-9-8-35-20/h2-3,11-14,19H,4-10H2,1H3,(H2,26,31)(H,32,33). The molecule has 0 aromatic carbocycles. The Hall–Kier alpha value is -3.99. The first-order valence-corrected chi connectivity index (χ1v) is 11.8. The zero-order valence-electron chi connectivity index (χ0n) is 19.8. The maximum atomic E-state index is 12.1. The van der Waals surface area contributed by atoms with Crippen molar-refractivity contribution in [3.8, 4) is 17.4 Å². The van der Waals surface area contributed by atoms with Crippen LogP contribution in [0.2, 0.25) is 0 Å². The van der Waals surface area contributed by atoms with Gasteiger partial charge in [-0.05, 0) is 37.1 Å². The number of carbonyl (C=O) groups excluding carboxylic acids is 1. The highest BCUT2D eigenvalue weighted by molar-refractivity contribution is 5.94. The lowest BCUT2D eigenvalue weighted by Crippen LogP contribution is -2.40. The van der Waals surface area contributed by atoms with E-state index in [0.29, 0.717) is 79.5 Å². The summed E-state index contributed by atoms with van der Waals surface area (Å²) in [7, 11) is 1.52. The van der Waals surface area contributed by atoms with Crippen molar-refractivity contribution >= 4 is 22.9 Å². The maximum Gasteiger partial charge on any atom is 0.306 e. The van der Waals surface area contributed by atoms with E-state index in [-0.39, 0.29) is 11.7 Å². The summed E-state index contributed by atoms with van der Waals surface area (Å²) in [6.45, 7) is 2.17. The van der Waals surface area contributed by atoms with Crippen LogP contribution < -0.4 is 19.9 Å². The summed E-state index contributed by atoms with van der Waals surface area (Å²) in [6, 6.07) is 6.57. The molecule has 0 aliphatic carbocycles. The van der Waals surface area contributed by atoms with Crippen LogP contribution in [-0.2, 0) is 11.2 Å². The molecule has 188 valence electrons. The average Bonchev–Trinajstić information content (AvgIpc) is 2.90. The molecule has 3 aromatic rings. The first-order chi connectivity index (χ1) is 17.4. The molecule has 3 aromatic heterocycles. The molecule has 0 saturated carbocycles. The molecule has 3 N–H and O–H groups in total. The second-order valence-corrected chi connectivity index (χ2v) is 8.86. The van der Waals surface area contributed by atoms with E-state index in [0.717, 1.165) is 5.69 Å². The average molecular weight is 494 g/mol. The van der Waals surface area contributed by atoms with Crippen LogP contribution in [0.15, 0.2) is 30.5 Å².